The summed E-state index contributed by atoms with van der Waals surface area (Å²) < 4.78 is 0. The predicted octanol–water partition coefficient (Wildman–Crippen LogP) is 2.95. The molecule has 1 atom stereocenters. The van der Waals surface area contributed by atoms with Crippen molar-refractivity contribution < 1.29 is 6.63 Å². The van der Waals surface area contributed by atoms with Crippen LogP contribution in [0.2, 0.25) is 0 Å². The number of nitrogens with one attached hydrogen (secondary N) is 1. The molecule has 0 aliphatic heterocycles. The van der Waals surface area contributed by atoms with Crippen molar-refractivity contribution in [3.05, 3.63) is 12.2 Å². The monoisotopic (exact) mass is 206 g/mol. The van der Waals surface area contributed by atoms with Gasteiger partial charge in [0.2, 0.25) is 0 Å². The van der Waals surface area contributed by atoms with Crippen LogP contribution in [0.3, 0.4) is 0 Å². The van der Waals surface area contributed by atoms with Gasteiger partial charge >= 0.3 is 0 Å². The number of hydrogen-bond donors (Lipinski definition) is 3. The third kappa shape index (κ3) is 41.5. The average molecular weight is 206 g/mol. The van der Waals surface area contributed by atoms with Crippen molar-refractivity contribution in [3.8, 4) is 0 Å². The summed E-state index contributed by atoms with van der Waals surface area (Å²) in [7, 11) is 0. The van der Waals surface area contributed by atoms with Crippen LogP contribution < -0.4 is 11.2 Å². The first-order valence-corrected chi connectivity index (χ1v) is 5.42. The fourth-order valence-electron chi connectivity index (χ4n) is 0.315. The summed E-state index contributed by atoms with van der Waals surface area (Å²) in [5, 5.41) is 8.01. The molecule has 0 aromatic rings. The van der Waals surface area contributed by atoms with Crippen LogP contribution in [0.5, 0.6) is 0 Å². The van der Waals surface area contributed by atoms with Gasteiger partial charge in [-0.3, -0.25) is 0 Å². The molecule has 0 aliphatic rings. The van der Waals surface area contributed by atoms with Gasteiger partial charge in [-0.1, -0.05) is 32.9 Å². The lowest BCUT2D eigenvalue weighted by Gasteiger charge is -1.91. The van der Waals surface area contributed by atoms with Crippen molar-refractivity contribution in [3.63, 3.8) is 0 Å². The Kier molecular flexibility index (Phi) is 31.5. The van der Waals surface area contributed by atoms with E-state index >= 15 is 0 Å². The molecule has 14 heavy (non-hydrogen) atoms. The molecule has 0 amide bonds. The molecular weight excluding hydrogens is 176 g/mol. The second-order valence-electron chi connectivity index (χ2n) is 2.65. The molecule has 0 spiro atoms. The normalized spacial score (nSPS) is 11.1. The van der Waals surface area contributed by atoms with Gasteiger partial charge in [-0.25, -0.2) is 5.48 Å². The van der Waals surface area contributed by atoms with Crippen LogP contribution >= 0.6 is 0 Å². The van der Waals surface area contributed by atoms with E-state index in [0.717, 1.165) is 12.8 Å². The Morgan fingerprint density at radius 2 is 1.93 bits per heavy atom. The van der Waals surface area contributed by atoms with Gasteiger partial charge in [0.25, 0.3) is 0 Å². The molecule has 0 radical (unpaired) electrons. The Hall–Kier alpha value is -0.380. The maximum atomic E-state index is 8.01. The smallest absolute Gasteiger partial charge is 0.0242 e. The molecule has 3 heteroatoms. The first-order valence-electron chi connectivity index (χ1n) is 5.42. The first kappa shape index (κ1) is 19.2. The molecule has 0 bridgehead atoms. The van der Waals surface area contributed by atoms with E-state index in [1.165, 1.54) is 0 Å². The zero-order chi connectivity index (χ0) is 11.8. The maximum Gasteiger partial charge on any atom is 0.0242 e. The van der Waals surface area contributed by atoms with E-state index in [1.54, 1.807) is 0 Å². The minimum atomic E-state index is 0. The Bertz CT molecular complexity index is 98.6. The third-order valence-electron chi connectivity index (χ3n) is 1.30. The van der Waals surface area contributed by atoms with E-state index in [4.69, 9.17) is 10.9 Å². The summed E-state index contributed by atoms with van der Waals surface area (Å²) in [5.41, 5.74) is 7.34. The van der Waals surface area contributed by atoms with Crippen LogP contribution in [0.25, 0.3) is 0 Å². The molecule has 0 saturated carbocycles. The lowest BCUT2D eigenvalue weighted by molar-refractivity contribution is 0.169. The first-order chi connectivity index (χ1) is 6.68. The highest BCUT2D eigenvalue weighted by Crippen LogP contribution is 1.77. The summed E-state index contributed by atoms with van der Waals surface area (Å²) in [6.45, 7) is 10.7. The minimum Gasteiger partial charge on any atom is -0.328 e. The zero-order valence-electron chi connectivity index (χ0n) is 10.4. The van der Waals surface area contributed by atoms with Crippen LogP contribution in [0.15, 0.2) is 12.2 Å². The Morgan fingerprint density at radius 3 is 2.14 bits per heavy atom. The summed E-state index contributed by atoms with van der Waals surface area (Å²) in [4.78, 5) is 0. The van der Waals surface area contributed by atoms with E-state index in [-0.39, 0.29) is 1.43 Å². The van der Waals surface area contributed by atoms with Gasteiger partial charge in [-0.15, -0.1) is 0 Å². The highest BCUT2D eigenvalue weighted by molar-refractivity contribution is 4.76. The highest BCUT2D eigenvalue weighted by atomic mass is 16.5. The number of hydrogen-bond acceptors (Lipinski definition) is 3. The molecule has 0 fully saturated rings. The van der Waals surface area contributed by atoms with E-state index < -0.39 is 0 Å². The molecule has 0 aromatic heterocycles. The number of rotatable bonds is 4. The topological polar surface area (TPSA) is 58.3 Å². The highest BCUT2D eigenvalue weighted by Gasteiger charge is 1.79. The molecule has 90 valence electrons. The Balaban J connectivity index is -0.0000000675. The van der Waals surface area contributed by atoms with Crippen LogP contribution in [0.4, 0.5) is 0 Å². The van der Waals surface area contributed by atoms with E-state index in [1.807, 2.05) is 39.8 Å². The van der Waals surface area contributed by atoms with E-state index in [9.17, 15) is 0 Å². The number of nitrogens with two attached hydrogens (primary N) is 1. The van der Waals surface area contributed by atoms with Crippen LogP contribution in [0, 0.1) is 0 Å². The molecule has 1 unspecified atom stereocenters. The molecule has 0 aromatic carbocycles. The molecule has 0 aliphatic carbocycles. The lowest BCUT2D eigenvalue weighted by atomic mass is 10.3. The van der Waals surface area contributed by atoms with Gasteiger partial charge in [0.1, 0.15) is 0 Å². The fourth-order valence-corrected chi connectivity index (χ4v) is 0.315. The molecule has 0 saturated heterocycles. The molecular formula is C11H30N2O. The molecule has 0 rings (SSSR count). The minimum absolute atomic E-state index is 0. The SMILES string of the molecule is C/C=C\CCNO.CC.CCC(C)N.[HH]. The van der Waals surface area contributed by atoms with E-state index in [0.29, 0.717) is 12.6 Å². The standard InChI is InChI=1S/C5H11NO.C4H11N.C2H6.H2/c1-2-3-4-5-6-7;1-3-4(2)5;1-2;/h2-3,6-7H,4-5H2,1H3;4H,3,5H2,1-2H3;1-2H3;1H/b3-2-;;;. The van der Waals surface area contributed by atoms with Crippen molar-refractivity contribution in [2.75, 3.05) is 6.54 Å². The van der Waals surface area contributed by atoms with Crippen LogP contribution in [0.1, 0.15) is 48.9 Å². The lowest BCUT2D eigenvalue weighted by Crippen LogP contribution is -2.11. The summed E-state index contributed by atoms with van der Waals surface area (Å²) in [5.74, 6) is 0. The molecule has 3 nitrogen and oxygen atoms in total. The van der Waals surface area contributed by atoms with Gasteiger partial charge in [-0.05, 0) is 26.7 Å². The number of hydroxylamine groups is 1. The zero-order valence-corrected chi connectivity index (χ0v) is 10.4. The van der Waals surface area contributed by atoms with E-state index in [2.05, 4.69) is 12.4 Å². The van der Waals surface area contributed by atoms with Gasteiger partial charge in [-0.2, -0.15) is 0 Å². The maximum absolute atomic E-state index is 8.01. The van der Waals surface area contributed by atoms with Crippen LogP contribution in [-0.4, -0.2) is 17.8 Å². The molecule has 0 heterocycles. The predicted molar refractivity (Wildman–Crippen MR) is 66.6 cm³/mol. The van der Waals surface area contributed by atoms with Gasteiger partial charge in [0.15, 0.2) is 0 Å². The van der Waals surface area contributed by atoms with Gasteiger partial charge in [0, 0.05) is 14.0 Å². The van der Waals surface area contributed by atoms with Crippen molar-refractivity contribution in [2.45, 2.75) is 53.5 Å². The fraction of sp³-hybridized carbons (Fsp3) is 0.818. The van der Waals surface area contributed by atoms with Crippen molar-refractivity contribution in [2.24, 2.45) is 5.73 Å². The van der Waals surface area contributed by atoms with Crippen molar-refractivity contribution in [1.29, 1.82) is 0 Å². The number of allylic oxidation sites excluding steroid dienone is 1. The molecule has 4 N–H and O–H groups in total. The third-order valence-corrected chi connectivity index (χ3v) is 1.30. The summed E-state index contributed by atoms with van der Waals surface area (Å²) in [6, 6.07) is 0.384. The quantitative estimate of drug-likeness (QED) is 0.376. The largest absolute Gasteiger partial charge is 0.328 e. The van der Waals surface area contributed by atoms with Crippen molar-refractivity contribution in [1.82, 2.24) is 5.48 Å². The second-order valence-corrected chi connectivity index (χ2v) is 2.65. The summed E-state index contributed by atoms with van der Waals surface area (Å²) >= 11 is 0. The Morgan fingerprint density at radius 1 is 1.50 bits per heavy atom. The second kappa shape index (κ2) is 22.9. The average Bonchev–Trinajstić information content (AvgIpc) is 2.22. The van der Waals surface area contributed by atoms with Gasteiger partial charge < -0.3 is 10.9 Å². The van der Waals surface area contributed by atoms with Crippen LogP contribution in [-0.2, 0) is 0 Å². The Labute approximate surface area is 90.8 Å². The summed E-state index contributed by atoms with van der Waals surface area (Å²) in [6.07, 6.45) is 5.92. The van der Waals surface area contributed by atoms with Gasteiger partial charge in [0.05, 0.1) is 0 Å². The van der Waals surface area contributed by atoms with Crippen molar-refractivity contribution >= 4 is 0 Å².